The number of carbonyl (C=O) groups excluding carboxylic acids is 1. The van der Waals surface area contributed by atoms with Gasteiger partial charge in [-0.3, -0.25) is 19.7 Å². The zero-order valence-corrected chi connectivity index (χ0v) is 10.8. The molecule has 1 aliphatic rings. The Balaban J connectivity index is 2.09. The number of amides is 1. The van der Waals surface area contributed by atoms with Crippen LogP contribution >= 0.6 is 11.3 Å². The molecule has 102 valence electrons. The Morgan fingerprint density at radius 3 is 2.68 bits per heavy atom. The van der Waals surface area contributed by atoms with Gasteiger partial charge in [0, 0.05) is 24.0 Å². The number of hydrogen-bond donors (Lipinski definition) is 1. The molecule has 0 saturated heterocycles. The molecule has 1 saturated carbocycles. The number of thiophene rings is 1. The summed E-state index contributed by atoms with van der Waals surface area (Å²) in [4.78, 5) is 34.3. The van der Waals surface area contributed by atoms with E-state index in [0.717, 1.165) is 24.2 Å². The maximum absolute atomic E-state index is 12.2. The molecule has 1 heterocycles. The second kappa shape index (κ2) is 5.35. The summed E-state index contributed by atoms with van der Waals surface area (Å²) < 4.78 is 0. The van der Waals surface area contributed by atoms with E-state index in [9.17, 15) is 19.7 Å². The van der Waals surface area contributed by atoms with Crippen LogP contribution < -0.4 is 0 Å². The second-order valence-electron chi connectivity index (χ2n) is 4.30. The number of nitro groups is 1. The van der Waals surface area contributed by atoms with Crippen molar-refractivity contribution in [2.45, 2.75) is 25.3 Å². The van der Waals surface area contributed by atoms with Crippen LogP contribution in [0.3, 0.4) is 0 Å². The molecule has 19 heavy (non-hydrogen) atoms. The van der Waals surface area contributed by atoms with Crippen LogP contribution in [0.1, 0.15) is 29.6 Å². The van der Waals surface area contributed by atoms with E-state index >= 15 is 0 Å². The van der Waals surface area contributed by atoms with Gasteiger partial charge in [-0.05, 0) is 12.8 Å². The van der Waals surface area contributed by atoms with Crippen molar-refractivity contribution in [2.75, 3.05) is 6.54 Å². The van der Waals surface area contributed by atoms with Crippen molar-refractivity contribution in [2.24, 2.45) is 0 Å². The molecule has 0 unspecified atom stereocenters. The maximum Gasteiger partial charge on any atom is 0.324 e. The van der Waals surface area contributed by atoms with Crippen molar-refractivity contribution in [3.8, 4) is 0 Å². The maximum atomic E-state index is 12.2. The molecule has 0 spiro atoms. The lowest BCUT2D eigenvalue weighted by Gasteiger charge is -2.20. The molecule has 2 rings (SSSR count). The van der Waals surface area contributed by atoms with E-state index in [0.29, 0.717) is 0 Å². The van der Waals surface area contributed by atoms with Crippen molar-refractivity contribution in [3.05, 3.63) is 27.1 Å². The topological polar surface area (TPSA) is 101 Å². The molecular formula is C11H12N2O5S. The van der Waals surface area contributed by atoms with Gasteiger partial charge in [0.25, 0.3) is 5.91 Å². The second-order valence-corrected chi connectivity index (χ2v) is 5.19. The SMILES string of the molecule is O=C(O)CCN(C(=O)c1csc([N+](=O)[O-])c1)C1CC1. The fraction of sp³-hybridized carbons (Fsp3) is 0.455. The largest absolute Gasteiger partial charge is 0.481 e. The first-order valence-electron chi connectivity index (χ1n) is 5.74. The van der Waals surface area contributed by atoms with Gasteiger partial charge in [-0.1, -0.05) is 11.3 Å². The monoisotopic (exact) mass is 284 g/mol. The summed E-state index contributed by atoms with van der Waals surface area (Å²) in [5.74, 6) is -1.29. The molecule has 0 atom stereocenters. The van der Waals surface area contributed by atoms with Crippen LogP contribution in [0.4, 0.5) is 5.00 Å². The van der Waals surface area contributed by atoms with E-state index in [1.807, 2.05) is 0 Å². The Kier molecular flexibility index (Phi) is 3.79. The third kappa shape index (κ3) is 3.28. The molecule has 1 fully saturated rings. The lowest BCUT2D eigenvalue weighted by molar-refractivity contribution is -0.380. The van der Waals surface area contributed by atoms with Gasteiger partial charge in [0.15, 0.2) is 0 Å². The van der Waals surface area contributed by atoms with Crippen molar-refractivity contribution in [1.29, 1.82) is 0 Å². The molecule has 7 nitrogen and oxygen atoms in total. The first kappa shape index (κ1) is 13.5. The summed E-state index contributed by atoms with van der Waals surface area (Å²) in [7, 11) is 0. The van der Waals surface area contributed by atoms with Crippen LogP contribution in [0.2, 0.25) is 0 Å². The summed E-state index contributed by atoms with van der Waals surface area (Å²) in [6.07, 6.45) is 1.60. The minimum Gasteiger partial charge on any atom is -0.481 e. The van der Waals surface area contributed by atoms with Gasteiger partial charge < -0.3 is 10.0 Å². The predicted molar refractivity (Wildman–Crippen MR) is 67.3 cm³/mol. The summed E-state index contributed by atoms with van der Waals surface area (Å²) >= 11 is 0.897. The summed E-state index contributed by atoms with van der Waals surface area (Å²) in [5.41, 5.74) is 0.258. The fourth-order valence-electron chi connectivity index (χ4n) is 1.75. The van der Waals surface area contributed by atoms with E-state index in [-0.39, 0.29) is 35.5 Å². The Bertz CT molecular complexity index is 523. The van der Waals surface area contributed by atoms with Gasteiger partial charge >= 0.3 is 11.0 Å². The molecular weight excluding hydrogens is 272 g/mol. The highest BCUT2D eigenvalue weighted by molar-refractivity contribution is 7.13. The number of hydrogen-bond acceptors (Lipinski definition) is 5. The number of carboxylic acids is 1. The summed E-state index contributed by atoms with van der Waals surface area (Å²) in [6.45, 7) is 0.141. The van der Waals surface area contributed by atoms with Gasteiger partial charge in [-0.25, -0.2) is 0 Å². The molecule has 0 aromatic carbocycles. The molecule has 0 radical (unpaired) electrons. The van der Waals surface area contributed by atoms with Crippen LogP contribution in [0.25, 0.3) is 0 Å². The molecule has 8 heteroatoms. The molecule has 1 amide bonds. The van der Waals surface area contributed by atoms with E-state index in [4.69, 9.17) is 5.11 Å². The Morgan fingerprint density at radius 2 is 2.21 bits per heavy atom. The Hall–Kier alpha value is -1.96. The van der Waals surface area contributed by atoms with E-state index in [1.54, 1.807) is 0 Å². The molecule has 0 aliphatic heterocycles. The molecule has 1 aliphatic carbocycles. The Morgan fingerprint density at radius 1 is 1.53 bits per heavy atom. The van der Waals surface area contributed by atoms with E-state index < -0.39 is 10.9 Å². The van der Waals surface area contributed by atoms with E-state index in [2.05, 4.69) is 0 Å². The number of nitrogens with zero attached hydrogens (tertiary/aromatic N) is 2. The molecule has 1 N–H and O–H groups in total. The zero-order chi connectivity index (χ0) is 14.0. The summed E-state index contributed by atoms with van der Waals surface area (Å²) in [5, 5.41) is 20.6. The third-order valence-corrected chi connectivity index (χ3v) is 3.71. The van der Waals surface area contributed by atoms with Crippen LogP contribution in [-0.2, 0) is 4.79 Å². The molecule has 1 aromatic rings. The standard InChI is InChI=1S/C11H12N2O5S/c14-10(15)3-4-12(8-1-2-8)11(16)7-5-9(13(17)18)19-6-7/h5-6,8H,1-4H2,(H,14,15). The van der Waals surface area contributed by atoms with Crippen LogP contribution in [0.5, 0.6) is 0 Å². The number of carboxylic acid groups (broad SMARTS) is 1. The minimum atomic E-state index is -0.963. The van der Waals surface area contributed by atoms with Crippen molar-refractivity contribution < 1.29 is 19.6 Å². The van der Waals surface area contributed by atoms with Gasteiger partial charge in [0.2, 0.25) is 0 Å². The lowest BCUT2D eigenvalue weighted by atomic mass is 10.2. The normalized spacial score (nSPS) is 14.1. The van der Waals surface area contributed by atoms with Gasteiger partial charge in [-0.15, -0.1) is 0 Å². The third-order valence-electron chi connectivity index (χ3n) is 2.83. The van der Waals surface area contributed by atoms with Gasteiger partial charge in [0.05, 0.1) is 16.9 Å². The zero-order valence-electron chi connectivity index (χ0n) is 9.94. The molecule has 0 bridgehead atoms. The number of aliphatic carboxylic acids is 1. The van der Waals surface area contributed by atoms with Crippen molar-refractivity contribution in [1.82, 2.24) is 4.90 Å². The minimum absolute atomic E-state index is 0.0748. The average molecular weight is 284 g/mol. The molecule has 1 aromatic heterocycles. The van der Waals surface area contributed by atoms with E-state index in [1.165, 1.54) is 16.3 Å². The first-order valence-corrected chi connectivity index (χ1v) is 6.62. The quantitative estimate of drug-likeness (QED) is 0.633. The van der Waals surface area contributed by atoms with Crippen LogP contribution in [0.15, 0.2) is 11.4 Å². The fourth-order valence-corrected chi connectivity index (χ4v) is 2.45. The number of rotatable bonds is 6. The van der Waals surface area contributed by atoms with Crippen LogP contribution in [-0.4, -0.2) is 39.4 Å². The Labute approximate surface area is 112 Å². The van der Waals surface area contributed by atoms with Crippen LogP contribution in [0, 0.1) is 10.1 Å². The first-order chi connectivity index (χ1) is 8.99. The van der Waals surface area contributed by atoms with Gasteiger partial charge in [0.1, 0.15) is 0 Å². The smallest absolute Gasteiger partial charge is 0.324 e. The number of carbonyl (C=O) groups is 2. The predicted octanol–water partition coefficient (Wildman–Crippen LogP) is 1.74. The highest BCUT2D eigenvalue weighted by Gasteiger charge is 2.33. The highest BCUT2D eigenvalue weighted by atomic mass is 32.1. The summed E-state index contributed by atoms with van der Waals surface area (Å²) in [6, 6.07) is 1.31. The van der Waals surface area contributed by atoms with Gasteiger partial charge in [-0.2, -0.15) is 0 Å². The average Bonchev–Trinajstić information content (AvgIpc) is 3.05. The lowest BCUT2D eigenvalue weighted by Crippen LogP contribution is -2.34. The van der Waals surface area contributed by atoms with Crippen molar-refractivity contribution >= 4 is 28.2 Å². The van der Waals surface area contributed by atoms with Crippen molar-refractivity contribution in [3.63, 3.8) is 0 Å². The highest BCUT2D eigenvalue weighted by Crippen LogP contribution is 2.30.